The fourth-order valence-corrected chi connectivity index (χ4v) is 6.32. The van der Waals surface area contributed by atoms with Crippen molar-refractivity contribution in [3.05, 3.63) is 46.2 Å². The minimum atomic E-state index is -2.78. The van der Waals surface area contributed by atoms with Crippen molar-refractivity contribution in [2.75, 3.05) is 19.4 Å². The SMILES string of the molecule is C[C@@]12C[C@@H]1N(C(=O)CNC(=O)CCCOc1ccc(S(C)(=N)=O)cc1)[C@H](C(=O)NCc1cc(C(=N)N)cs1)C2. The van der Waals surface area contributed by atoms with Crippen molar-refractivity contribution in [1.29, 1.82) is 10.2 Å². The Hall–Kier alpha value is -3.45. The zero-order valence-electron chi connectivity index (χ0n) is 22.0. The average molecular weight is 575 g/mol. The first-order chi connectivity index (χ1) is 18.4. The van der Waals surface area contributed by atoms with Crippen molar-refractivity contribution >= 4 is 44.6 Å². The summed E-state index contributed by atoms with van der Waals surface area (Å²) in [4.78, 5) is 41.3. The summed E-state index contributed by atoms with van der Waals surface area (Å²) in [6, 6.07) is 7.65. The minimum Gasteiger partial charge on any atom is -0.494 e. The Balaban J connectivity index is 1.20. The van der Waals surface area contributed by atoms with Crippen molar-refractivity contribution in [2.45, 2.75) is 56.1 Å². The van der Waals surface area contributed by atoms with Crippen LogP contribution in [0.4, 0.5) is 0 Å². The van der Waals surface area contributed by atoms with Crippen LogP contribution in [0.15, 0.2) is 40.6 Å². The van der Waals surface area contributed by atoms with Gasteiger partial charge in [-0.05, 0) is 55.0 Å². The van der Waals surface area contributed by atoms with Gasteiger partial charge in [-0.3, -0.25) is 19.8 Å². The van der Waals surface area contributed by atoms with Gasteiger partial charge in [0.15, 0.2) is 0 Å². The molecule has 210 valence electrons. The van der Waals surface area contributed by atoms with Crippen molar-refractivity contribution in [2.24, 2.45) is 11.1 Å². The molecule has 2 aliphatic rings. The second kappa shape index (κ2) is 11.3. The summed E-state index contributed by atoms with van der Waals surface area (Å²) in [7, 11) is -2.78. The molecule has 0 radical (unpaired) electrons. The second-order valence-electron chi connectivity index (χ2n) is 10.4. The number of carbonyl (C=O) groups excluding carboxylic acids is 3. The van der Waals surface area contributed by atoms with Crippen LogP contribution in [-0.4, -0.2) is 64.2 Å². The lowest BCUT2D eigenvalue weighted by Gasteiger charge is -2.27. The summed E-state index contributed by atoms with van der Waals surface area (Å²) < 4.78 is 24.9. The normalized spacial score (nSPS) is 22.9. The Labute approximate surface area is 232 Å². The number of likely N-dealkylation sites (tertiary alicyclic amines) is 1. The molecule has 2 fully saturated rings. The maximum absolute atomic E-state index is 13.0. The predicted molar refractivity (Wildman–Crippen MR) is 148 cm³/mol. The molecule has 1 aliphatic carbocycles. The van der Waals surface area contributed by atoms with E-state index in [9.17, 15) is 18.6 Å². The highest BCUT2D eigenvalue weighted by Gasteiger charge is 2.64. The molecular weight excluding hydrogens is 540 g/mol. The van der Waals surface area contributed by atoms with Gasteiger partial charge in [0.1, 0.15) is 17.6 Å². The third-order valence-corrected chi connectivity index (χ3v) is 9.26. The standard InChI is InChI=1S/C26H34N6O5S2/c1-26-11-20(25(35)31-13-18-10-16(15-38-18)24(27)28)32(21(26)12-26)23(34)14-30-22(33)4-3-9-37-17-5-7-19(8-6-17)39(2,29)36/h5-8,10,15,20-21,29H,3-4,9,11-14H2,1-2H3,(H3,27,28)(H,30,33)(H,31,35)/t20-,21-,26+,39?/m0/s1. The van der Waals surface area contributed by atoms with E-state index >= 15 is 0 Å². The Bertz CT molecular complexity index is 1370. The fraction of sp³-hybridized carbons (Fsp3) is 0.462. The van der Waals surface area contributed by atoms with E-state index in [1.54, 1.807) is 40.6 Å². The number of amides is 3. The van der Waals surface area contributed by atoms with Crippen LogP contribution in [0.5, 0.6) is 5.75 Å². The molecule has 1 saturated carbocycles. The fourth-order valence-electron chi connectivity index (χ4n) is 4.84. The second-order valence-corrected chi connectivity index (χ2v) is 13.5. The number of carbonyl (C=O) groups is 3. The molecule has 3 amide bonds. The molecule has 1 aromatic heterocycles. The van der Waals surface area contributed by atoms with Gasteiger partial charge in [-0.25, -0.2) is 8.99 Å². The van der Waals surface area contributed by atoms with E-state index in [4.69, 9.17) is 20.7 Å². The lowest BCUT2D eigenvalue weighted by atomic mass is 10.0. The minimum absolute atomic E-state index is 0.000345. The number of benzene rings is 1. The molecule has 1 aromatic carbocycles. The Morgan fingerprint density at radius 1 is 1.23 bits per heavy atom. The highest BCUT2D eigenvalue weighted by Crippen LogP contribution is 2.59. The highest BCUT2D eigenvalue weighted by atomic mass is 32.2. The first kappa shape index (κ1) is 28.6. The number of fused-ring (bicyclic) bond motifs is 1. The number of nitrogens with two attached hydrogens (primary N) is 1. The Kier molecular flexibility index (Phi) is 8.31. The number of nitrogens with zero attached hydrogens (tertiary/aromatic N) is 1. The van der Waals surface area contributed by atoms with Crippen molar-refractivity contribution in [3.63, 3.8) is 0 Å². The third-order valence-electron chi connectivity index (χ3n) is 7.15. The molecule has 0 bridgehead atoms. The highest BCUT2D eigenvalue weighted by molar-refractivity contribution is 7.91. The first-order valence-electron chi connectivity index (χ1n) is 12.6. The van der Waals surface area contributed by atoms with Gasteiger partial charge < -0.3 is 26.0 Å². The molecule has 1 saturated heterocycles. The van der Waals surface area contributed by atoms with Gasteiger partial charge in [-0.1, -0.05) is 6.92 Å². The van der Waals surface area contributed by atoms with Crippen LogP contribution in [0.3, 0.4) is 0 Å². The summed E-state index contributed by atoms with van der Waals surface area (Å²) in [6.45, 7) is 2.48. The van der Waals surface area contributed by atoms with Crippen LogP contribution < -0.4 is 21.1 Å². The number of nitrogen functional groups attached to an aromatic ring is 1. The third kappa shape index (κ3) is 6.95. The van der Waals surface area contributed by atoms with E-state index in [1.807, 2.05) is 0 Å². The molecule has 11 nitrogen and oxygen atoms in total. The van der Waals surface area contributed by atoms with Crippen LogP contribution in [0.1, 0.15) is 43.0 Å². The van der Waals surface area contributed by atoms with Gasteiger partial charge in [0.25, 0.3) is 0 Å². The molecule has 1 aliphatic heterocycles. The molecule has 6 N–H and O–H groups in total. The molecule has 2 heterocycles. The van der Waals surface area contributed by atoms with E-state index in [-0.39, 0.29) is 54.6 Å². The van der Waals surface area contributed by atoms with Crippen LogP contribution in [-0.2, 0) is 30.7 Å². The predicted octanol–water partition coefficient (Wildman–Crippen LogP) is 2.04. The lowest BCUT2D eigenvalue weighted by Crippen LogP contribution is -2.50. The summed E-state index contributed by atoms with van der Waals surface area (Å²) in [5.41, 5.74) is 6.05. The number of amidine groups is 1. The largest absolute Gasteiger partial charge is 0.494 e. The zero-order chi connectivity index (χ0) is 28.4. The zero-order valence-corrected chi connectivity index (χ0v) is 23.6. The number of hydrogen-bond acceptors (Lipinski definition) is 8. The van der Waals surface area contributed by atoms with Gasteiger partial charge >= 0.3 is 0 Å². The molecular formula is C26H34N6O5S2. The molecule has 1 unspecified atom stereocenters. The maximum atomic E-state index is 13.0. The summed E-state index contributed by atoms with van der Waals surface area (Å²) >= 11 is 1.41. The van der Waals surface area contributed by atoms with Crippen molar-refractivity contribution in [3.8, 4) is 5.75 Å². The number of thiophene rings is 1. The summed E-state index contributed by atoms with van der Waals surface area (Å²) in [5, 5.41) is 14.8. The number of rotatable bonds is 12. The first-order valence-corrected chi connectivity index (χ1v) is 15.5. The number of ether oxygens (including phenoxy) is 1. The van der Waals surface area contributed by atoms with Crippen LogP contribution in [0.2, 0.25) is 0 Å². The maximum Gasteiger partial charge on any atom is 0.243 e. The van der Waals surface area contributed by atoms with E-state index < -0.39 is 15.8 Å². The monoisotopic (exact) mass is 574 g/mol. The molecule has 2 aromatic rings. The van der Waals surface area contributed by atoms with Crippen molar-refractivity contribution in [1.82, 2.24) is 15.5 Å². The van der Waals surface area contributed by atoms with Gasteiger partial charge in [-0.2, -0.15) is 0 Å². The molecule has 4 atom stereocenters. The lowest BCUT2D eigenvalue weighted by molar-refractivity contribution is -0.140. The summed E-state index contributed by atoms with van der Waals surface area (Å²) in [6.07, 6.45) is 3.40. The quantitative estimate of drug-likeness (QED) is 0.147. The summed E-state index contributed by atoms with van der Waals surface area (Å²) in [5.74, 6) is -0.246. The van der Waals surface area contributed by atoms with Gasteiger partial charge in [0.05, 0.1) is 29.4 Å². The van der Waals surface area contributed by atoms with Crippen LogP contribution in [0, 0.1) is 15.6 Å². The molecule has 0 spiro atoms. The molecule has 13 heteroatoms. The number of nitrogens with one attached hydrogen (secondary N) is 4. The average Bonchev–Trinajstić information content (AvgIpc) is 3.20. The molecule has 4 rings (SSSR count). The van der Waals surface area contributed by atoms with Crippen LogP contribution in [0.25, 0.3) is 0 Å². The molecule has 39 heavy (non-hydrogen) atoms. The van der Waals surface area contributed by atoms with E-state index in [2.05, 4.69) is 17.6 Å². The van der Waals surface area contributed by atoms with Gasteiger partial charge in [-0.15, -0.1) is 11.3 Å². The van der Waals surface area contributed by atoms with Gasteiger partial charge in [0.2, 0.25) is 17.7 Å². The smallest absolute Gasteiger partial charge is 0.243 e. The van der Waals surface area contributed by atoms with E-state index in [1.165, 1.54) is 17.6 Å². The Morgan fingerprint density at radius 3 is 2.59 bits per heavy atom. The van der Waals surface area contributed by atoms with Gasteiger partial charge in [0, 0.05) is 39.4 Å². The number of piperidine rings is 1. The topological polar surface area (TPSA) is 179 Å². The van der Waals surface area contributed by atoms with E-state index in [0.717, 1.165) is 11.3 Å². The Morgan fingerprint density at radius 2 is 1.95 bits per heavy atom. The van der Waals surface area contributed by atoms with Crippen molar-refractivity contribution < 1.29 is 23.3 Å². The number of hydrogen-bond donors (Lipinski definition) is 5. The van der Waals surface area contributed by atoms with Crippen LogP contribution >= 0.6 is 11.3 Å². The van der Waals surface area contributed by atoms with E-state index in [0.29, 0.717) is 35.6 Å².